The lowest BCUT2D eigenvalue weighted by atomic mass is 9.96. The predicted molar refractivity (Wildman–Crippen MR) is 95.1 cm³/mol. The number of aromatic nitrogens is 1. The Bertz CT molecular complexity index is 574. The number of hydrogen-bond acceptors (Lipinski definition) is 3. The fourth-order valence-electron chi connectivity index (χ4n) is 3.12. The first kappa shape index (κ1) is 18.2. The maximum atomic E-state index is 12.5. The van der Waals surface area contributed by atoms with Crippen LogP contribution >= 0.6 is 0 Å². The smallest absolute Gasteiger partial charge is 0.321 e. The summed E-state index contributed by atoms with van der Waals surface area (Å²) in [4.78, 5) is 31.9. The minimum Gasteiger partial charge on any atom is -0.343 e. The van der Waals surface area contributed by atoms with Crippen LogP contribution in [0.2, 0.25) is 0 Å². The molecule has 2 heterocycles. The number of likely N-dealkylation sites (tertiary alicyclic amines) is 1. The zero-order valence-electron chi connectivity index (χ0n) is 14.9. The molecule has 3 amide bonds. The minimum absolute atomic E-state index is 0.0957. The normalized spacial score (nSPS) is 18.0. The number of hydrogen-bond donors (Lipinski definition) is 1. The lowest BCUT2D eigenvalue weighted by Gasteiger charge is -2.21. The van der Waals surface area contributed by atoms with Gasteiger partial charge in [-0.3, -0.25) is 9.78 Å². The summed E-state index contributed by atoms with van der Waals surface area (Å²) >= 11 is 0. The highest BCUT2D eigenvalue weighted by Gasteiger charge is 2.20. The number of carbonyl (C=O) groups excluding carboxylic acids is 2. The average Bonchev–Trinajstić information content (AvgIpc) is 2.80. The van der Waals surface area contributed by atoms with E-state index >= 15 is 0 Å². The molecule has 1 N–H and O–H groups in total. The summed E-state index contributed by atoms with van der Waals surface area (Å²) < 4.78 is 0. The third-order valence-electron chi connectivity index (χ3n) is 4.47. The molecule has 1 saturated heterocycles. The van der Waals surface area contributed by atoms with Gasteiger partial charge in [-0.25, -0.2) is 4.79 Å². The van der Waals surface area contributed by atoms with E-state index < -0.39 is 0 Å². The monoisotopic (exact) mass is 332 g/mol. The van der Waals surface area contributed by atoms with Gasteiger partial charge in [0.25, 0.3) is 5.91 Å². The molecule has 1 atom stereocenters. The third-order valence-corrected chi connectivity index (χ3v) is 4.47. The molecule has 1 aliphatic rings. The molecule has 0 aromatic carbocycles. The average molecular weight is 332 g/mol. The van der Waals surface area contributed by atoms with Crippen LogP contribution in [0.15, 0.2) is 18.3 Å². The van der Waals surface area contributed by atoms with E-state index in [0.717, 1.165) is 31.8 Å². The fourth-order valence-corrected chi connectivity index (χ4v) is 3.12. The Morgan fingerprint density at radius 1 is 1.33 bits per heavy atom. The molecule has 1 aromatic heterocycles. The van der Waals surface area contributed by atoms with Crippen molar-refractivity contribution in [2.24, 2.45) is 5.92 Å². The Morgan fingerprint density at radius 2 is 2.12 bits per heavy atom. The maximum absolute atomic E-state index is 12.5. The van der Waals surface area contributed by atoms with Crippen LogP contribution in [0.4, 0.5) is 10.5 Å². The van der Waals surface area contributed by atoms with E-state index in [9.17, 15) is 9.59 Å². The van der Waals surface area contributed by atoms with Gasteiger partial charge in [-0.2, -0.15) is 0 Å². The van der Waals surface area contributed by atoms with Crippen LogP contribution in [0.1, 0.15) is 49.5 Å². The van der Waals surface area contributed by atoms with Gasteiger partial charge in [0.1, 0.15) is 5.69 Å². The molecule has 6 nitrogen and oxygen atoms in total. The number of carbonyl (C=O) groups is 2. The second-order valence-electron chi connectivity index (χ2n) is 6.63. The molecule has 1 fully saturated rings. The molecule has 0 saturated carbocycles. The van der Waals surface area contributed by atoms with Gasteiger partial charge in [-0.15, -0.1) is 0 Å². The highest BCUT2D eigenvalue weighted by atomic mass is 16.2. The Balaban J connectivity index is 1.97. The van der Waals surface area contributed by atoms with E-state index in [1.807, 2.05) is 4.90 Å². The lowest BCUT2D eigenvalue weighted by Crippen LogP contribution is -2.35. The summed E-state index contributed by atoms with van der Waals surface area (Å²) in [6.07, 6.45) is 7.33. The fraction of sp³-hybridized carbons (Fsp3) is 0.611. The van der Waals surface area contributed by atoms with Crippen molar-refractivity contribution in [2.75, 3.05) is 32.5 Å². The van der Waals surface area contributed by atoms with Gasteiger partial charge in [0, 0.05) is 39.1 Å². The van der Waals surface area contributed by atoms with Crippen LogP contribution in [0.5, 0.6) is 0 Å². The molecule has 2 rings (SSSR count). The molecule has 0 spiro atoms. The van der Waals surface area contributed by atoms with Gasteiger partial charge >= 0.3 is 6.03 Å². The van der Waals surface area contributed by atoms with Crippen molar-refractivity contribution in [2.45, 2.75) is 39.0 Å². The Morgan fingerprint density at radius 3 is 2.83 bits per heavy atom. The quantitative estimate of drug-likeness (QED) is 0.920. The van der Waals surface area contributed by atoms with E-state index in [1.54, 1.807) is 32.4 Å². The van der Waals surface area contributed by atoms with Crippen molar-refractivity contribution in [3.63, 3.8) is 0 Å². The second kappa shape index (κ2) is 8.66. The zero-order chi connectivity index (χ0) is 17.5. The summed E-state index contributed by atoms with van der Waals surface area (Å²) in [5.41, 5.74) is 0.936. The van der Waals surface area contributed by atoms with Crippen molar-refractivity contribution in [1.82, 2.24) is 14.8 Å². The molecule has 0 aliphatic carbocycles. The highest BCUT2D eigenvalue weighted by molar-refractivity contribution is 5.95. The Labute approximate surface area is 144 Å². The molecular weight excluding hydrogens is 304 g/mol. The second-order valence-corrected chi connectivity index (χ2v) is 6.63. The van der Waals surface area contributed by atoms with Crippen molar-refractivity contribution in [3.8, 4) is 0 Å². The summed E-state index contributed by atoms with van der Waals surface area (Å²) in [5, 5.41) is 2.90. The maximum Gasteiger partial charge on any atom is 0.321 e. The summed E-state index contributed by atoms with van der Waals surface area (Å²) in [6, 6.07) is 3.24. The first-order valence-electron chi connectivity index (χ1n) is 8.75. The number of anilines is 1. The van der Waals surface area contributed by atoms with Gasteiger partial charge < -0.3 is 15.1 Å². The minimum atomic E-state index is -0.178. The molecule has 132 valence electrons. The Kier molecular flexibility index (Phi) is 6.58. The number of pyridine rings is 1. The van der Waals surface area contributed by atoms with E-state index in [1.165, 1.54) is 24.2 Å². The molecule has 24 heavy (non-hydrogen) atoms. The van der Waals surface area contributed by atoms with E-state index in [0.29, 0.717) is 11.4 Å². The van der Waals surface area contributed by atoms with Gasteiger partial charge in [-0.1, -0.05) is 19.8 Å². The summed E-state index contributed by atoms with van der Waals surface area (Å²) in [7, 11) is 3.36. The molecule has 0 unspecified atom stereocenters. The molecule has 1 aromatic rings. The van der Waals surface area contributed by atoms with E-state index in [-0.39, 0.29) is 11.9 Å². The number of amides is 3. The first-order chi connectivity index (χ1) is 11.5. The Hall–Kier alpha value is -2.11. The van der Waals surface area contributed by atoms with Crippen molar-refractivity contribution in [3.05, 3.63) is 24.0 Å². The van der Waals surface area contributed by atoms with Crippen molar-refractivity contribution >= 4 is 17.6 Å². The van der Waals surface area contributed by atoms with Gasteiger partial charge in [0.15, 0.2) is 0 Å². The first-order valence-corrected chi connectivity index (χ1v) is 8.75. The number of urea groups is 1. The van der Waals surface area contributed by atoms with Crippen LogP contribution < -0.4 is 5.32 Å². The van der Waals surface area contributed by atoms with Crippen molar-refractivity contribution < 1.29 is 9.59 Å². The molecule has 0 radical (unpaired) electrons. The van der Waals surface area contributed by atoms with Crippen LogP contribution in [-0.2, 0) is 0 Å². The van der Waals surface area contributed by atoms with Gasteiger partial charge in [0.2, 0.25) is 0 Å². The third kappa shape index (κ3) is 4.94. The van der Waals surface area contributed by atoms with Gasteiger partial charge in [-0.05, 0) is 37.3 Å². The van der Waals surface area contributed by atoms with Crippen LogP contribution in [0.3, 0.4) is 0 Å². The standard InChI is InChI=1S/C18H28N4O2/c1-4-6-14-7-5-11-22(12-9-14)18(24)20-15-8-10-19-16(13-15)17(23)21(2)3/h8,10,13-14H,4-7,9,11-12H2,1-3H3,(H,19,20,24)/t14-/m1/s1. The molecular formula is C18H28N4O2. The topological polar surface area (TPSA) is 65.5 Å². The van der Waals surface area contributed by atoms with E-state index in [4.69, 9.17) is 0 Å². The van der Waals surface area contributed by atoms with Gasteiger partial charge in [0.05, 0.1) is 0 Å². The van der Waals surface area contributed by atoms with Crippen LogP contribution in [-0.4, -0.2) is 53.9 Å². The van der Waals surface area contributed by atoms with Crippen LogP contribution in [0, 0.1) is 5.92 Å². The van der Waals surface area contributed by atoms with E-state index in [2.05, 4.69) is 17.2 Å². The summed E-state index contributed by atoms with van der Waals surface area (Å²) in [5.74, 6) is 0.557. The highest BCUT2D eigenvalue weighted by Crippen LogP contribution is 2.22. The molecule has 0 bridgehead atoms. The molecule has 6 heteroatoms. The van der Waals surface area contributed by atoms with Crippen molar-refractivity contribution in [1.29, 1.82) is 0 Å². The lowest BCUT2D eigenvalue weighted by molar-refractivity contribution is 0.0822. The number of nitrogens with one attached hydrogen (secondary N) is 1. The van der Waals surface area contributed by atoms with Crippen LogP contribution in [0.25, 0.3) is 0 Å². The largest absolute Gasteiger partial charge is 0.343 e. The predicted octanol–water partition coefficient (Wildman–Crippen LogP) is 3.22. The number of nitrogens with zero attached hydrogens (tertiary/aromatic N) is 3. The molecule has 1 aliphatic heterocycles. The zero-order valence-corrected chi connectivity index (χ0v) is 14.9. The SMILES string of the molecule is CCC[C@@H]1CCCN(C(=O)Nc2ccnc(C(=O)N(C)C)c2)CC1. The number of rotatable bonds is 4. The summed E-state index contributed by atoms with van der Waals surface area (Å²) in [6.45, 7) is 3.80.